The van der Waals surface area contributed by atoms with Gasteiger partial charge in [0.2, 0.25) is 5.91 Å². The van der Waals surface area contributed by atoms with Crippen molar-refractivity contribution in [1.29, 1.82) is 0 Å². The molecule has 0 radical (unpaired) electrons. The molecule has 92 valence electrons. The molecular formula is C12H21NO3. The molecule has 0 heterocycles. The van der Waals surface area contributed by atoms with E-state index in [1.807, 2.05) is 6.92 Å². The summed E-state index contributed by atoms with van der Waals surface area (Å²) in [7, 11) is 0. The lowest BCUT2D eigenvalue weighted by molar-refractivity contribution is -0.141. The van der Waals surface area contributed by atoms with E-state index in [1.165, 1.54) is 0 Å². The quantitative estimate of drug-likeness (QED) is 0.752. The SMILES string of the molecule is CCCC(C)C(=O)NC1CCC(C(=O)O)C1. The van der Waals surface area contributed by atoms with Gasteiger partial charge in [0.1, 0.15) is 0 Å². The van der Waals surface area contributed by atoms with Crippen molar-refractivity contribution in [2.24, 2.45) is 11.8 Å². The summed E-state index contributed by atoms with van der Waals surface area (Å²) in [4.78, 5) is 22.5. The second kappa shape index (κ2) is 5.87. The van der Waals surface area contributed by atoms with Crippen LogP contribution in [0.25, 0.3) is 0 Å². The first kappa shape index (κ1) is 13.0. The van der Waals surface area contributed by atoms with Crippen LogP contribution in [0.2, 0.25) is 0 Å². The Morgan fingerprint density at radius 2 is 2.12 bits per heavy atom. The number of carbonyl (C=O) groups is 2. The molecular weight excluding hydrogens is 206 g/mol. The normalized spacial score (nSPS) is 26.4. The smallest absolute Gasteiger partial charge is 0.306 e. The van der Waals surface area contributed by atoms with Crippen LogP contribution in [0, 0.1) is 11.8 Å². The zero-order valence-corrected chi connectivity index (χ0v) is 10.0. The van der Waals surface area contributed by atoms with Gasteiger partial charge in [0.25, 0.3) is 0 Å². The monoisotopic (exact) mass is 227 g/mol. The number of aliphatic carboxylic acids is 1. The van der Waals surface area contributed by atoms with E-state index in [9.17, 15) is 9.59 Å². The molecule has 1 saturated carbocycles. The summed E-state index contributed by atoms with van der Waals surface area (Å²) in [5.41, 5.74) is 0. The largest absolute Gasteiger partial charge is 0.481 e. The van der Waals surface area contributed by atoms with Crippen LogP contribution >= 0.6 is 0 Å². The summed E-state index contributed by atoms with van der Waals surface area (Å²) in [5, 5.41) is 11.8. The van der Waals surface area contributed by atoms with E-state index in [2.05, 4.69) is 12.2 Å². The minimum absolute atomic E-state index is 0.0360. The van der Waals surface area contributed by atoms with E-state index >= 15 is 0 Å². The fraction of sp³-hybridized carbons (Fsp3) is 0.833. The average molecular weight is 227 g/mol. The van der Waals surface area contributed by atoms with E-state index in [-0.39, 0.29) is 23.8 Å². The van der Waals surface area contributed by atoms with Crippen molar-refractivity contribution in [1.82, 2.24) is 5.32 Å². The van der Waals surface area contributed by atoms with Crippen LogP contribution in [0.3, 0.4) is 0 Å². The van der Waals surface area contributed by atoms with E-state index in [0.717, 1.165) is 19.3 Å². The van der Waals surface area contributed by atoms with Crippen LogP contribution in [-0.2, 0) is 9.59 Å². The lowest BCUT2D eigenvalue weighted by Crippen LogP contribution is -2.36. The van der Waals surface area contributed by atoms with Crippen molar-refractivity contribution >= 4 is 11.9 Å². The molecule has 3 atom stereocenters. The Balaban J connectivity index is 2.33. The summed E-state index contributed by atoms with van der Waals surface area (Å²) in [6.07, 6.45) is 3.95. The zero-order chi connectivity index (χ0) is 12.1. The predicted octanol–water partition coefficient (Wildman–Crippen LogP) is 1.79. The maximum absolute atomic E-state index is 11.7. The van der Waals surface area contributed by atoms with Crippen molar-refractivity contribution < 1.29 is 14.7 Å². The molecule has 4 nitrogen and oxygen atoms in total. The summed E-state index contributed by atoms with van der Waals surface area (Å²) in [5.74, 6) is -0.906. The fourth-order valence-corrected chi connectivity index (χ4v) is 2.24. The molecule has 0 aromatic heterocycles. The third kappa shape index (κ3) is 3.51. The Morgan fingerprint density at radius 1 is 1.44 bits per heavy atom. The Morgan fingerprint density at radius 3 is 2.62 bits per heavy atom. The van der Waals surface area contributed by atoms with Crippen LogP contribution in [0.15, 0.2) is 0 Å². The molecule has 3 unspecified atom stereocenters. The Hall–Kier alpha value is -1.06. The summed E-state index contributed by atoms with van der Waals surface area (Å²) in [6, 6.07) is 0.0629. The molecule has 1 aliphatic rings. The van der Waals surface area contributed by atoms with Crippen molar-refractivity contribution in [3.05, 3.63) is 0 Å². The van der Waals surface area contributed by atoms with Gasteiger partial charge in [-0.1, -0.05) is 20.3 Å². The highest BCUT2D eigenvalue weighted by molar-refractivity contribution is 5.78. The molecule has 1 rings (SSSR count). The Labute approximate surface area is 96.4 Å². The standard InChI is InChI=1S/C12H21NO3/c1-3-4-8(2)11(14)13-10-6-5-9(7-10)12(15)16/h8-10H,3-7H2,1-2H3,(H,13,14)(H,15,16). The number of carboxylic acids is 1. The molecule has 0 aromatic rings. The van der Waals surface area contributed by atoms with Gasteiger partial charge in [-0.2, -0.15) is 0 Å². The summed E-state index contributed by atoms with van der Waals surface area (Å²) >= 11 is 0. The fourth-order valence-electron chi connectivity index (χ4n) is 2.24. The van der Waals surface area contributed by atoms with Crippen molar-refractivity contribution in [3.8, 4) is 0 Å². The third-order valence-electron chi connectivity index (χ3n) is 3.30. The molecule has 0 saturated heterocycles. The zero-order valence-electron chi connectivity index (χ0n) is 10.0. The van der Waals surface area contributed by atoms with Gasteiger partial charge in [-0.3, -0.25) is 9.59 Å². The van der Waals surface area contributed by atoms with Crippen LogP contribution in [-0.4, -0.2) is 23.0 Å². The van der Waals surface area contributed by atoms with Crippen molar-refractivity contribution in [3.63, 3.8) is 0 Å². The second-order valence-corrected chi connectivity index (χ2v) is 4.74. The van der Waals surface area contributed by atoms with E-state index < -0.39 is 5.97 Å². The first-order valence-corrected chi connectivity index (χ1v) is 6.07. The first-order valence-electron chi connectivity index (χ1n) is 6.07. The third-order valence-corrected chi connectivity index (χ3v) is 3.30. The van der Waals surface area contributed by atoms with Crippen LogP contribution in [0.1, 0.15) is 46.0 Å². The minimum Gasteiger partial charge on any atom is -0.481 e. The second-order valence-electron chi connectivity index (χ2n) is 4.74. The van der Waals surface area contributed by atoms with Gasteiger partial charge in [0.15, 0.2) is 0 Å². The molecule has 0 aromatic carbocycles. The number of rotatable bonds is 5. The van der Waals surface area contributed by atoms with Gasteiger partial charge in [0, 0.05) is 12.0 Å². The summed E-state index contributed by atoms with van der Waals surface area (Å²) in [6.45, 7) is 3.97. The lowest BCUT2D eigenvalue weighted by Gasteiger charge is -2.16. The molecule has 0 aliphatic heterocycles. The highest BCUT2D eigenvalue weighted by Crippen LogP contribution is 2.25. The van der Waals surface area contributed by atoms with E-state index in [4.69, 9.17) is 5.11 Å². The number of carbonyl (C=O) groups excluding carboxylic acids is 1. The van der Waals surface area contributed by atoms with Gasteiger partial charge < -0.3 is 10.4 Å². The number of hydrogen-bond acceptors (Lipinski definition) is 2. The van der Waals surface area contributed by atoms with Crippen molar-refractivity contribution in [2.75, 3.05) is 0 Å². The number of amides is 1. The minimum atomic E-state index is -0.738. The van der Waals surface area contributed by atoms with Crippen LogP contribution in [0.5, 0.6) is 0 Å². The first-order chi connectivity index (χ1) is 7.54. The molecule has 2 N–H and O–H groups in total. The number of hydrogen-bond donors (Lipinski definition) is 2. The molecule has 1 fully saturated rings. The van der Waals surface area contributed by atoms with Gasteiger partial charge >= 0.3 is 5.97 Å². The molecule has 1 aliphatic carbocycles. The van der Waals surface area contributed by atoms with Gasteiger partial charge in [-0.05, 0) is 25.7 Å². The number of nitrogens with one attached hydrogen (secondary N) is 1. The average Bonchev–Trinajstić information content (AvgIpc) is 2.66. The lowest BCUT2D eigenvalue weighted by atomic mass is 10.0. The van der Waals surface area contributed by atoms with Gasteiger partial charge in [-0.25, -0.2) is 0 Å². The summed E-state index contributed by atoms with van der Waals surface area (Å²) < 4.78 is 0. The van der Waals surface area contributed by atoms with E-state index in [0.29, 0.717) is 12.8 Å². The van der Waals surface area contributed by atoms with Gasteiger partial charge in [0.05, 0.1) is 5.92 Å². The van der Waals surface area contributed by atoms with Crippen LogP contribution in [0.4, 0.5) is 0 Å². The molecule has 1 amide bonds. The van der Waals surface area contributed by atoms with E-state index in [1.54, 1.807) is 0 Å². The Kier molecular flexibility index (Phi) is 4.77. The van der Waals surface area contributed by atoms with Gasteiger partial charge in [-0.15, -0.1) is 0 Å². The molecule has 16 heavy (non-hydrogen) atoms. The van der Waals surface area contributed by atoms with Crippen molar-refractivity contribution in [2.45, 2.75) is 52.0 Å². The molecule has 4 heteroatoms. The maximum Gasteiger partial charge on any atom is 0.306 e. The Bertz CT molecular complexity index is 265. The topological polar surface area (TPSA) is 66.4 Å². The highest BCUT2D eigenvalue weighted by Gasteiger charge is 2.31. The van der Waals surface area contributed by atoms with Crippen LogP contribution < -0.4 is 5.32 Å². The molecule has 0 bridgehead atoms. The molecule has 0 spiro atoms. The number of carboxylic acid groups (broad SMARTS) is 1. The highest BCUT2D eigenvalue weighted by atomic mass is 16.4. The predicted molar refractivity (Wildman–Crippen MR) is 61.0 cm³/mol. The maximum atomic E-state index is 11.7.